The fourth-order valence-corrected chi connectivity index (χ4v) is 5.00. The van der Waals surface area contributed by atoms with Gasteiger partial charge in [-0.05, 0) is 67.2 Å². The maximum atomic E-state index is 12.8. The molecule has 0 aliphatic heterocycles. The summed E-state index contributed by atoms with van der Waals surface area (Å²) < 4.78 is 7.94. The third-order valence-corrected chi connectivity index (χ3v) is 6.48. The van der Waals surface area contributed by atoms with Crippen molar-refractivity contribution in [3.05, 3.63) is 31.5 Å². The van der Waals surface area contributed by atoms with Gasteiger partial charge in [0.2, 0.25) is 0 Å². The number of carbonyl (C=O) groups excluding carboxylic acids is 2. The first-order valence-corrected chi connectivity index (χ1v) is 10.7. The van der Waals surface area contributed by atoms with E-state index in [4.69, 9.17) is 4.74 Å². The molecule has 0 spiro atoms. The monoisotopic (exact) mass is 487 g/mol. The van der Waals surface area contributed by atoms with Crippen molar-refractivity contribution >= 4 is 50.8 Å². The van der Waals surface area contributed by atoms with Gasteiger partial charge in [-0.2, -0.15) is 5.10 Å². The average Bonchev–Trinajstić information content (AvgIpc) is 3.13. The van der Waals surface area contributed by atoms with Crippen LogP contribution in [-0.4, -0.2) is 27.8 Å². The van der Waals surface area contributed by atoms with Crippen LogP contribution in [0.25, 0.3) is 0 Å². The number of ether oxygens (including phenoxy) is 1. The largest absolute Gasteiger partial charge is 0.459 e. The van der Waals surface area contributed by atoms with E-state index >= 15 is 0 Å². The molecule has 0 bridgehead atoms. The van der Waals surface area contributed by atoms with Crippen LogP contribution in [-0.2, 0) is 24.6 Å². The Morgan fingerprint density at radius 1 is 1.42 bits per heavy atom. The van der Waals surface area contributed by atoms with E-state index in [2.05, 4.69) is 33.0 Å². The topological polar surface area (TPSA) is 73.2 Å². The fraction of sp³-hybridized carbons (Fsp3) is 0.500. The van der Waals surface area contributed by atoms with Crippen molar-refractivity contribution in [2.75, 3.05) is 5.32 Å². The summed E-state index contributed by atoms with van der Waals surface area (Å²) in [5.41, 5.74) is 1.94. The predicted molar refractivity (Wildman–Crippen MR) is 110 cm³/mol. The molecule has 0 saturated heterocycles. The molecule has 0 saturated carbocycles. The van der Waals surface area contributed by atoms with Crippen LogP contribution >= 0.6 is 33.9 Å². The van der Waals surface area contributed by atoms with Crippen molar-refractivity contribution in [1.82, 2.24) is 9.78 Å². The summed E-state index contributed by atoms with van der Waals surface area (Å²) in [5, 5.41) is 7.70. The number of fused-ring (bicyclic) bond motifs is 1. The minimum atomic E-state index is -0.343. The molecule has 140 valence electrons. The van der Waals surface area contributed by atoms with Crippen LogP contribution in [0, 0.1) is 3.57 Å². The minimum absolute atomic E-state index is 0.151. The van der Waals surface area contributed by atoms with Gasteiger partial charge in [0.05, 0.1) is 15.2 Å². The van der Waals surface area contributed by atoms with Crippen molar-refractivity contribution in [2.24, 2.45) is 7.05 Å². The molecule has 1 unspecified atom stereocenters. The van der Waals surface area contributed by atoms with Crippen LogP contribution in [0.15, 0.2) is 6.20 Å². The second-order valence-corrected chi connectivity index (χ2v) is 8.76. The summed E-state index contributed by atoms with van der Waals surface area (Å²) in [6, 6.07) is 0. The van der Waals surface area contributed by atoms with E-state index in [-0.39, 0.29) is 18.0 Å². The van der Waals surface area contributed by atoms with Gasteiger partial charge in [0.25, 0.3) is 5.91 Å². The zero-order valence-electron chi connectivity index (χ0n) is 15.1. The van der Waals surface area contributed by atoms with E-state index < -0.39 is 0 Å². The molecule has 0 aromatic carbocycles. The lowest BCUT2D eigenvalue weighted by Crippen LogP contribution is -2.19. The Labute approximate surface area is 170 Å². The highest BCUT2D eigenvalue weighted by molar-refractivity contribution is 14.1. The van der Waals surface area contributed by atoms with Crippen LogP contribution in [0.5, 0.6) is 0 Å². The zero-order valence-corrected chi connectivity index (χ0v) is 18.1. The molecule has 0 radical (unpaired) electrons. The van der Waals surface area contributed by atoms with Crippen molar-refractivity contribution in [2.45, 2.75) is 52.1 Å². The molecular formula is C18H22IN3O3S. The van der Waals surface area contributed by atoms with Gasteiger partial charge in [-0.25, -0.2) is 4.79 Å². The molecule has 2 heterocycles. The average molecular weight is 487 g/mol. The summed E-state index contributed by atoms with van der Waals surface area (Å²) in [6.07, 6.45) is 6.35. The Morgan fingerprint density at radius 2 is 2.15 bits per heavy atom. The van der Waals surface area contributed by atoms with Gasteiger partial charge in [0.1, 0.15) is 5.00 Å². The van der Waals surface area contributed by atoms with Crippen LogP contribution in [0.3, 0.4) is 0 Å². The molecule has 6 nitrogen and oxygen atoms in total. The van der Waals surface area contributed by atoms with Gasteiger partial charge in [-0.15, -0.1) is 11.3 Å². The first-order chi connectivity index (χ1) is 12.4. The Kier molecular flexibility index (Phi) is 6.01. The summed E-state index contributed by atoms with van der Waals surface area (Å²) in [4.78, 5) is 26.6. The highest BCUT2D eigenvalue weighted by Gasteiger charge is 2.29. The van der Waals surface area contributed by atoms with Crippen LogP contribution in [0.1, 0.15) is 64.4 Å². The number of thiophene rings is 1. The van der Waals surface area contributed by atoms with E-state index in [9.17, 15) is 9.59 Å². The SMILES string of the molecule is CCC(C)OC(=O)c1c(NC(=O)c2nn(C)cc2I)sc2c1CCCC2. The van der Waals surface area contributed by atoms with Crippen LogP contribution in [0.4, 0.5) is 5.00 Å². The number of esters is 1. The molecule has 1 amide bonds. The Balaban J connectivity index is 1.93. The smallest absolute Gasteiger partial charge is 0.341 e. The number of nitrogens with zero attached hydrogens (tertiary/aromatic N) is 2. The summed E-state index contributed by atoms with van der Waals surface area (Å²) in [7, 11) is 1.78. The maximum Gasteiger partial charge on any atom is 0.341 e. The number of aromatic nitrogens is 2. The fourth-order valence-electron chi connectivity index (χ4n) is 2.97. The highest BCUT2D eigenvalue weighted by atomic mass is 127. The third-order valence-electron chi connectivity index (χ3n) is 4.48. The number of hydrogen-bond donors (Lipinski definition) is 1. The van der Waals surface area contributed by atoms with Crippen molar-refractivity contribution in [3.63, 3.8) is 0 Å². The van der Waals surface area contributed by atoms with Gasteiger partial charge in [0, 0.05) is 18.1 Å². The molecule has 0 fully saturated rings. The van der Waals surface area contributed by atoms with E-state index in [0.29, 0.717) is 16.3 Å². The predicted octanol–water partition coefficient (Wildman–Crippen LogP) is 4.17. The number of hydrogen-bond acceptors (Lipinski definition) is 5. The Bertz CT molecular complexity index is 843. The van der Waals surface area contributed by atoms with Gasteiger partial charge in [0.15, 0.2) is 5.69 Å². The normalized spacial score (nSPS) is 14.6. The van der Waals surface area contributed by atoms with E-state index in [1.165, 1.54) is 16.2 Å². The number of rotatable bonds is 5. The molecule has 26 heavy (non-hydrogen) atoms. The number of anilines is 1. The number of carbonyl (C=O) groups is 2. The second-order valence-electron chi connectivity index (χ2n) is 6.49. The van der Waals surface area contributed by atoms with Gasteiger partial charge >= 0.3 is 5.97 Å². The van der Waals surface area contributed by atoms with Crippen molar-refractivity contribution < 1.29 is 14.3 Å². The first kappa shape index (κ1) is 19.3. The lowest BCUT2D eigenvalue weighted by atomic mass is 9.95. The van der Waals surface area contributed by atoms with Gasteiger partial charge in [-0.3, -0.25) is 9.48 Å². The highest BCUT2D eigenvalue weighted by Crippen LogP contribution is 2.39. The molecule has 2 aromatic rings. The van der Waals surface area contributed by atoms with E-state index in [0.717, 1.165) is 41.2 Å². The Hall–Kier alpha value is -1.42. The molecule has 1 atom stereocenters. The number of amides is 1. The van der Waals surface area contributed by atoms with E-state index in [1.54, 1.807) is 17.9 Å². The number of halogens is 1. The zero-order chi connectivity index (χ0) is 18.8. The third kappa shape index (κ3) is 3.95. The number of aryl methyl sites for hydroxylation is 2. The van der Waals surface area contributed by atoms with Crippen LogP contribution < -0.4 is 5.32 Å². The molecule has 3 rings (SSSR count). The van der Waals surface area contributed by atoms with Crippen molar-refractivity contribution in [1.29, 1.82) is 0 Å². The summed E-state index contributed by atoms with van der Waals surface area (Å²) in [6.45, 7) is 3.86. The standard InChI is InChI=1S/C18H22IN3O3S/c1-4-10(2)25-18(24)14-11-7-5-6-8-13(11)26-17(14)20-16(23)15-12(19)9-22(3)21-15/h9-10H,4-8H2,1-3H3,(H,20,23). The molecule has 8 heteroatoms. The maximum absolute atomic E-state index is 12.8. The quantitative estimate of drug-likeness (QED) is 0.508. The molecule has 2 aromatic heterocycles. The second kappa shape index (κ2) is 8.08. The number of nitrogens with one attached hydrogen (secondary N) is 1. The first-order valence-electron chi connectivity index (χ1n) is 8.76. The molecule has 1 aliphatic rings. The van der Waals surface area contributed by atoms with Crippen LogP contribution in [0.2, 0.25) is 0 Å². The Morgan fingerprint density at radius 3 is 2.81 bits per heavy atom. The van der Waals surface area contributed by atoms with E-state index in [1.807, 2.05) is 13.8 Å². The minimum Gasteiger partial charge on any atom is -0.459 e. The molecule has 1 aliphatic carbocycles. The summed E-state index contributed by atoms with van der Waals surface area (Å²) >= 11 is 3.58. The lowest BCUT2D eigenvalue weighted by molar-refractivity contribution is 0.0335. The lowest BCUT2D eigenvalue weighted by Gasteiger charge is -2.15. The molecule has 1 N–H and O–H groups in total. The van der Waals surface area contributed by atoms with Gasteiger partial charge in [-0.1, -0.05) is 6.92 Å². The van der Waals surface area contributed by atoms with Crippen molar-refractivity contribution in [3.8, 4) is 0 Å². The molecular weight excluding hydrogens is 465 g/mol. The summed E-state index contributed by atoms with van der Waals surface area (Å²) in [5.74, 6) is -0.643. The van der Waals surface area contributed by atoms with Gasteiger partial charge < -0.3 is 10.1 Å².